The monoisotopic (exact) mass is 294 g/mol. The van der Waals surface area contributed by atoms with E-state index in [2.05, 4.69) is 10.1 Å². The maximum atomic E-state index is 12.3. The second kappa shape index (κ2) is 4.31. The molecular formula is C13H14N2O4S. The number of oxime groups is 1. The summed E-state index contributed by atoms with van der Waals surface area (Å²) in [6.45, 7) is 3.58. The topological polar surface area (TPSA) is 81.8 Å². The summed E-state index contributed by atoms with van der Waals surface area (Å²) in [5.41, 5.74) is 0.634. The van der Waals surface area contributed by atoms with Crippen LogP contribution in [0.5, 0.6) is 0 Å². The average Bonchev–Trinajstić information content (AvgIpc) is 2.91. The molecule has 20 heavy (non-hydrogen) atoms. The molecule has 0 radical (unpaired) electrons. The molecule has 1 aliphatic heterocycles. The third-order valence-corrected chi connectivity index (χ3v) is 4.55. The molecule has 0 saturated carbocycles. The molecular weight excluding hydrogens is 280 g/mol. The van der Waals surface area contributed by atoms with Gasteiger partial charge >= 0.3 is 0 Å². The van der Waals surface area contributed by atoms with Crippen molar-refractivity contribution in [1.29, 1.82) is 0 Å². The van der Waals surface area contributed by atoms with E-state index < -0.39 is 15.4 Å². The van der Waals surface area contributed by atoms with Gasteiger partial charge in [0.05, 0.1) is 0 Å². The van der Waals surface area contributed by atoms with Crippen molar-refractivity contribution in [3.63, 3.8) is 0 Å². The molecule has 6 nitrogen and oxygen atoms in total. The minimum Gasteiger partial charge on any atom is -0.440 e. The molecule has 0 atom stereocenters. The van der Waals surface area contributed by atoms with E-state index in [1.54, 1.807) is 26.0 Å². The quantitative estimate of drug-likeness (QED) is 0.848. The number of aromatic nitrogens is 1. The first-order valence-electron chi connectivity index (χ1n) is 6.18. The van der Waals surface area contributed by atoms with Crippen LogP contribution in [0, 0.1) is 0 Å². The van der Waals surface area contributed by atoms with Crippen LogP contribution in [0.4, 0.5) is 0 Å². The van der Waals surface area contributed by atoms with E-state index >= 15 is 0 Å². The summed E-state index contributed by atoms with van der Waals surface area (Å²) in [5.74, 6) is -0.140. The number of oxazole rings is 1. The third-order valence-electron chi connectivity index (χ3n) is 2.98. The van der Waals surface area contributed by atoms with Crippen molar-refractivity contribution in [2.75, 3.05) is 0 Å². The molecule has 0 N–H and O–H groups in total. The van der Waals surface area contributed by atoms with Crippen molar-refractivity contribution < 1.29 is 17.7 Å². The highest BCUT2D eigenvalue weighted by Crippen LogP contribution is 2.26. The van der Waals surface area contributed by atoms with Crippen LogP contribution in [-0.4, -0.2) is 24.0 Å². The number of hydrogen-bond acceptors (Lipinski definition) is 6. The fraction of sp³-hybridized carbons (Fsp3) is 0.385. The second-order valence-corrected chi connectivity index (χ2v) is 7.34. The fourth-order valence-corrected chi connectivity index (χ4v) is 3.33. The highest BCUT2D eigenvalue weighted by Gasteiger charge is 2.36. The molecule has 106 valence electrons. The molecule has 0 bridgehead atoms. The van der Waals surface area contributed by atoms with Gasteiger partial charge in [0.1, 0.15) is 16.9 Å². The highest BCUT2D eigenvalue weighted by atomic mass is 32.2. The Morgan fingerprint density at radius 3 is 2.70 bits per heavy atom. The predicted octanol–water partition coefficient (Wildman–Crippen LogP) is 2.26. The summed E-state index contributed by atoms with van der Waals surface area (Å²) in [4.78, 5) is 9.26. The summed E-state index contributed by atoms with van der Waals surface area (Å²) >= 11 is 0. The van der Waals surface area contributed by atoms with Crippen molar-refractivity contribution in [2.45, 2.75) is 31.6 Å². The van der Waals surface area contributed by atoms with Gasteiger partial charge in [-0.3, -0.25) is 0 Å². The standard InChI is InChI=1S/C13H14N2O4S/c1-13(2)7-12(15-19-13)20(16,17)8-11-14-9-5-3-4-6-10(9)18-11/h3-6H,7-8H2,1-2H3. The van der Waals surface area contributed by atoms with E-state index in [1.807, 2.05) is 12.1 Å². The van der Waals surface area contributed by atoms with Gasteiger partial charge in [0, 0.05) is 6.42 Å². The van der Waals surface area contributed by atoms with Crippen LogP contribution in [0.25, 0.3) is 11.1 Å². The fourth-order valence-electron chi connectivity index (χ4n) is 2.00. The number of fused-ring (bicyclic) bond motifs is 1. The molecule has 1 aliphatic rings. The van der Waals surface area contributed by atoms with Crippen LogP contribution in [0.15, 0.2) is 33.8 Å². The highest BCUT2D eigenvalue weighted by molar-refractivity contribution is 8.05. The Morgan fingerprint density at radius 1 is 1.30 bits per heavy atom. The zero-order valence-corrected chi connectivity index (χ0v) is 12.0. The summed E-state index contributed by atoms with van der Waals surface area (Å²) in [6, 6.07) is 7.15. The van der Waals surface area contributed by atoms with E-state index in [1.165, 1.54) is 0 Å². The van der Waals surface area contributed by atoms with Crippen LogP contribution in [-0.2, 0) is 20.4 Å². The predicted molar refractivity (Wildman–Crippen MR) is 73.8 cm³/mol. The van der Waals surface area contributed by atoms with Gasteiger partial charge in [0.15, 0.2) is 10.6 Å². The van der Waals surface area contributed by atoms with Gasteiger partial charge in [-0.05, 0) is 26.0 Å². The first-order valence-corrected chi connectivity index (χ1v) is 7.83. The molecule has 0 fully saturated rings. The smallest absolute Gasteiger partial charge is 0.211 e. The van der Waals surface area contributed by atoms with E-state index in [0.29, 0.717) is 11.1 Å². The molecule has 0 unspecified atom stereocenters. The van der Waals surface area contributed by atoms with Gasteiger partial charge in [0.25, 0.3) is 0 Å². The second-order valence-electron chi connectivity index (χ2n) is 5.35. The molecule has 0 aliphatic carbocycles. The Hall–Kier alpha value is -1.89. The average molecular weight is 294 g/mol. The van der Waals surface area contributed by atoms with Crippen molar-refractivity contribution in [1.82, 2.24) is 4.98 Å². The number of nitrogens with zero attached hydrogens (tertiary/aromatic N) is 2. The molecule has 1 aromatic carbocycles. The summed E-state index contributed by atoms with van der Waals surface area (Å²) in [7, 11) is -3.56. The normalized spacial score (nSPS) is 18.0. The molecule has 0 amide bonds. The Bertz CT molecular complexity index is 757. The molecule has 2 aromatic rings. The Morgan fingerprint density at radius 2 is 2.05 bits per heavy atom. The Labute approximate surface area is 116 Å². The van der Waals surface area contributed by atoms with Gasteiger partial charge in [-0.2, -0.15) is 0 Å². The van der Waals surface area contributed by atoms with Gasteiger partial charge in [-0.15, -0.1) is 0 Å². The van der Waals surface area contributed by atoms with Crippen molar-refractivity contribution in [3.05, 3.63) is 30.2 Å². The first kappa shape index (κ1) is 13.1. The van der Waals surface area contributed by atoms with Crippen molar-refractivity contribution >= 4 is 26.0 Å². The number of rotatable bonds is 2. The van der Waals surface area contributed by atoms with Gasteiger partial charge in [-0.1, -0.05) is 17.3 Å². The minimum absolute atomic E-state index is 0.0461. The molecule has 1 aromatic heterocycles. The lowest BCUT2D eigenvalue weighted by Crippen LogP contribution is -2.23. The van der Waals surface area contributed by atoms with Crippen LogP contribution in [0.2, 0.25) is 0 Å². The largest absolute Gasteiger partial charge is 0.440 e. The maximum Gasteiger partial charge on any atom is 0.211 e. The van der Waals surface area contributed by atoms with E-state index in [0.717, 1.165) is 0 Å². The van der Waals surface area contributed by atoms with Gasteiger partial charge in [0.2, 0.25) is 15.7 Å². The zero-order valence-electron chi connectivity index (χ0n) is 11.2. The third kappa shape index (κ3) is 2.40. The van der Waals surface area contributed by atoms with Crippen LogP contribution in [0.1, 0.15) is 26.2 Å². The summed E-state index contributed by atoms with van der Waals surface area (Å²) < 4.78 is 29.9. The number of benzene rings is 1. The van der Waals surface area contributed by atoms with E-state index in [4.69, 9.17) is 9.25 Å². The van der Waals surface area contributed by atoms with Gasteiger partial charge in [-0.25, -0.2) is 13.4 Å². The van der Waals surface area contributed by atoms with Crippen LogP contribution in [0.3, 0.4) is 0 Å². The Balaban J connectivity index is 1.87. The first-order chi connectivity index (χ1) is 9.36. The van der Waals surface area contributed by atoms with Gasteiger partial charge < -0.3 is 9.25 Å². The van der Waals surface area contributed by atoms with Crippen molar-refractivity contribution in [2.24, 2.45) is 5.16 Å². The summed E-state index contributed by atoms with van der Waals surface area (Å²) in [6.07, 6.45) is 0.259. The SMILES string of the molecule is CC1(C)CC(S(=O)(=O)Cc2nc3ccccc3o2)=NO1. The lowest BCUT2D eigenvalue weighted by molar-refractivity contribution is 0.0123. The Kier molecular flexibility index (Phi) is 2.82. The van der Waals surface area contributed by atoms with E-state index in [-0.39, 0.29) is 23.1 Å². The summed E-state index contributed by atoms with van der Waals surface area (Å²) in [5, 5.41) is 3.72. The van der Waals surface area contributed by atoms with E-state index in [9.17, 15) is 8.42 Å². The van der Waals surface area contributed by atoms with Crippen molar-refractivity contribution in [3.8, 4) is 0 Å². The maximum absolute atomic E-state index is 12.3. The van der Waals surface area contributed by atoms with Crippen LogP contribution >= 0.6 is 0 Å². The zero-order chi connectivity index (χ0) is 14.4. The number of para-hydroxylation sites is 2. The number of hydrogen-bond donors (Lipinski definition) is 0. The molecule has 0 saturated heterocycles. The molecule has 0 spiro atoms. The molecule has 2 heterocycles. The number of sulfone groups is 1. The lowest BCUT2D eigenvalue weighted by atomic mass is 10.1. The molecule has 7 heteroatoms. The lowest BCUT2D eigenvalue weighted by Gasteiger charge is -2.12. The minimum atomic E-state index is -3.56. The molecule has 3 rings (SSSR count). The van der Waals surface area contributed by atoms with Crippen LogP contribution < -0.4 is 0 Å².